The summed E-state index contributed by atoms with van der Waals surface area (Å²) in [5, 5.41) is 10.4. The van der Waals surface area contributed by atoms with Crippen LogP contribution in [0.2, 0.25) is 0 Å². The van der Waals surface area contributed by atoms with Crippen molar-refractivity contribution >= 4 is 10.8 Å². The van der Waals surface area contributed by atoms with Crippen LogP contribution in [0.25, 0.3) is 10.8 Å². The molecule has 20 heavy (non-hydrogen) atoms. The Hall–Kier alpha value is -2.46. The summed E-state index contributed by atoms with van der Waals surface area (Å²) in [5.41, 5.74) is 8.10. The van der Waals surface area contributed by atoms with Crippen LogP contribution in [0.4, 0.5) is 0 Å². The number of methoxy groups -OCH3 is 1. The molecule has 1 heterocycles. The van der Waals surface area contributed by atoms with Crippen molar-refractivity contribution < 1.29 is 4.74 Å². The lowest BCUT2D eigenvalue weighted by Gasteiger charge is -2.14. The summed E-state index contributed by atoms with van der Waals surface area (Å²) in [6.07, 6.45) is 0. The lowest BCUT2D eigenvalue weighted by molar-refractivity contribution is 0.390. The third-order valence-corrected chi connectivity index (χ3v) is 3.35. The van der Waals surface area contributed by atoms with Crippen molar-refractivity contribution in [3.8, 4) is 5.88 Å². The first-order valence-corrected chi connectivity index (χ1v) is 6.40. The van der Waals surface area contributed by atoms with Crippen LogP contribution in [0, 0.1) is 0 Å². The standard InChI is InChI=1S/C16H15N3O/c1-20-15-10-9-14(18-19-15)16(17)13-8-4-6-11-5-2-3-7-12(11)13/h2-10,16H,17H2,1H3. The molecule has 0 saturated carbocycles. The minimum Gasteiger partial charge on any atom is -0.480 e. The maximum absolute atomic E-state index is 6.33. The third-order valence-electron chi connectivity index (χ3n) is 3.35. The van der Waals surface area contributed by atoms with Gasteiger partial charge in [0.2, 0.25) is 5.88 Å². The van der Waals surface area contributed by atoms with Crippen LogP contribution < -0.4 is 10.5 Å². The second-order valence-electron chi connectivity index (χ2n) is 4.55. The number of benzene rings is 2. The maximum atomic E-state index is 6.33. The number of ether oxygens (including phenoxy) is 1. The first-order valence-electron chi connectivity index (χ1n) is 6.40. The Bertz CT molecular complexity index is 720. The van der Waals surface area contributed by atoms with E-state index >= 15 is 0 Å². The van der Waals surface area contributed by atoms with E-state index in [0.717, 1.165) is 16.6 Å². The van der Waals surface area contributed by atoms with E-state index in [1.165, 1.54) is 5.39 Å². The van der Waals surface area contributed by atoms with Crippen molar-refractivity contribution in [2.45, 2.75) is 6.04 Å². The Morgan fingerprint density at radius 2 is 1.75 bits per heavy atom. The molecule has 0 aliphatic carbocycles. The lowest BCUT2D eigenvalue weighted by Crippen LogP contribution is -2.14. The van der Waals surface area contributed by atoms with Crippen LogP contribution in [0.3, 0.4) is 0 Å². The number of nitrogens with two attached hydrogens (primary N) is 1. The van der Waals surface area contributed by atoms with Crippen molar-refractivity contribution in [2.75, 3.05) is 7.11 Å². The van der Waals surface area contributed by atoms with Crippen LogP contribution in [-0.2, 0) is 0 Å². The summed E-state index contributed by atoms with van der Waals surface area (Å²) in [6.45, 7) is 0. The second kappa shape index (κ2) is 5.27. The zero-order chi connectivity index (χ0) is 13.9. The molecule has 0 amide bonds. The zero-order valence-electron chi connectivity index (χ0n) is 11.2. The number of hydrogen-bond donors (Lipinski definition) is 1. The number of hydrogen-bond acceptors (Lipinski definition) is 4. The van der Waals surface area contributed by atoms with Gasteiger partial charge in [0.05, 0.1) is 18.8 Å². The van der Waals surface area contributed by atoms with Gasteiger partial charge in [0, 0.05) is 6.07 Å². The minimum atomic E-state index is -0.306. The summed E-state index contributed by atoms with van der Waals surface area (Å²) in [5.74, 6) is 0.485. The minimum absolute atomic E-state index is 0.306. The molecule has 0 bridgehead atoms. The normalized spacial score (nSPS) is 12.3. The smallest absolute Gasteiger partial charge is 0.233 e. The fraction of sp³-hybridized carbons (Fsp3) is 0.125. The predicted molar refractivity (Wildman–Crippen MR) is 78.6 cm³/mol. The van der Waals surface area contributed by atoms with Gasteiger partial charge < -0.3 is 10.5 Å². The van der Waals surface area contributed by atoms with Crippen molar-refractivity contribution in [2.24, 2.45) is 5.73 Å². The van der Waals surface area contributed by atoms with E-state index in [-0.39, 0.29) is 6.04 Å². The Balaban J connectivity index is 2.05. The van der Waals surface area contributed by atoms with Gasteiger partial charge in [0.25, 0.3) is 0 Å². The first-order chi connectivity index (χ1) is 9.79. The second-order valence-corrected chi connectivity index (χ2v) is 4.55. The molecule has 0 aliphatic heterocycles. The number of fused-ring (bicyclic) bond motifs is 1. The number of rotatable bonds is 3. The Kier molecular flexibility index (Phi) is 3.31. The molecule has 0 fully saturated rings. The molecule has 1 atom stereocenters. The number of aromatic nitrogens is 2. The SMILES string of the molecule is COc1ccc(C(N)c2cccc3ccccc23)nn1. The highest BCUT2D eigenvalue weighted by Crippen LogP contribution is 2.26. The highest BCUT2D eigenvalue weighted by molar-refractivity contribution is 5.86. The van der Waals surface area contributed by atoms with E-state index in [2.05, 4.69) is 28.4 Å². The third kappa shape index (κ3) is 2.21. The molecule has 2 aromatic carbocycles. The highest BCUT2D eigenvalue weighted by Gasteiger charge is 2.13. The van der Waals surface area contributed by atoms with Crippen LogP contribution in [0.15, 0.2) is 54.6 Å². The predicted octanol–water partition coefficient (Wildman–Crippen LogP) is 2.69. The molecule has 4 heteroatoms. The van der Waals surface area contributed by atoms with Gasteiger partial charge in [-0.15, -0.1) is 10.2 Å². The summed E-state index contributed by atoms with van der Waals surface area (Å²) in [6, 6.07) is 17.6. The van der Waals surface area contributed by atoms with Crippen LogP contribution in [0.1, 0.15) is 17.3 Å². The average Bonchev–Trinajstić information content (AvgIpc) is 2.54. The van der Waals surface area contributed by atoms with E-state index in [9.17, 15) is 0 Å². The zero-order valence-corrected chi connectivity index (χ0v) is 11.2. The van der Waals surface area contributed by atoms with Gasteiger partial charge >= 0.3 is 0 Å². The molecule has 0 saturated heterocycles. The maximum Gasteiger partial charge on any atom is 0.233 e. The molecular formula is C16H15N3O. The monoisotopic (exact) mass is 265 g/mol. The Labute approximate surface area is 117 Å². The van der Waals surface area contributed by atoms with Gasteiger partial charge in [0.15, 0.2) is 0 Å². The lowest BCUT2D eigenvalue weighted by atomic mass is 9.97. The van der Waals surface area contributed by atoms with Crippen LogP contribution in [-0.4, -0.2) is 17.3 Å². The quantitative estimate of drug-likeness (QED) is 0.791. The first kappa shape index (κ1) is 12.6. The fourth-order valence-corrected chi connectivity index (χ4v) is 2.29. The van der Waals surface area contributed by atoms with Crippen molar-refractivity contribution in [3.05, 3.63) is 65.9 Å². The molecule has 4 nitrogen and oxygen atoms in total. The molecule has 0 spiro atoms. The van der Waals surface area contributed by atoms with Gasteiger partial charge in [-0.05, 0) is 22.4 Å². The van der Waals surface area contributed by atoms with Crippen LogP contribution >= 0.6 is 0 Å². The summed E-state index contributed by atoms with van der Waals surface area (Å²) < 4.78 is 5.01. The highest BCUT2D eigenvalue weighted by atomic mass is 16.5. The number of nitrogens with zero attached hydrogens (tertiary/aromatic N) is 2. The molecule has 2 N–H and O–H groups in total. The Morgan fingerprint density at radius 1 is 0.950 bits per heavy atom. The fourth-order valence-electron chi connectivity index (χ4n) is 2.29. The molecule has 0 aliphatic rings. The Morgan fingerprint density at radius 3 is 2.50 bits per heavy atom. The van der Waals surface area contributed by atoms with E-state index in [0.29, 0.717) is 5.88 Å². The summed E-state index contributed by atoms with van der Waals surface area (Å²) in [4.78, 5) is 0. The molecule has 1 aromatic heterocycles. The molecule has 3 aromatic rings. The van der Waals surface area contributed by atoms with E-state index in [4.69, 9.17) is 10.5 Å². The topological polar surface area (TPSA) is 61.0 Å². The van der Waals surface area contributed by atoms with Crippen molar-refractivity contribution in [1.82, 2.24) is 10.2 Å². The van der Waals surface area contributed by atoms with Gasteiger partial charge in [-0.1, -0.05) is 42.5 Å². The van der Waals surface area contributed by atoms with Crippen LogP contribution in [0.5, 0.6) is 5.88 Å². The van der Waals surface area contributed by atoms with Gasteiger partial charge in [-0.25, -0.2) is 0 Å². The van der Waals surface area contributed by atoms with Crippen molar-refractivity contribution in [3.63, 3.8) is 0 Å². The van der Waals surface area contributed by atoms with Gasteiger partial charge in [0.1, 0.15) is 0 Å². The molecule has 100 valence electrons. The summed E-state index contributed by atoms with van der Waals surface area (Å²) in [7, 11) is 1.56. The molecule has 3 rings (SSSR count). The largest absolute Gasteiger partial charge is 0.480 e. The molecule has 1 unspecified atom stereocenters. The van der Waals surface area contributed by atoms with E-state index in [1.54, 1.807) is 13.2 Å². The van der Waals surface area contributed by atoms with Gasteiger partial charge in [-0.3, -0.25) is 0 Å². The molecule has 0 radical (unpaired) electrons. The summed E-state index contributed by atoms with van der Waals surface area (Å²) >= 11 is 0. The van der Waals surface area contributed by atoms with E-state index in [1.807, 2.05) is 30.3 Å². The average molecular weight is 265 g/mol. The van der Waals surface area contributed by atoms with Gasteiger partial charge in [-0.2, -0.15) is 0 Å². The molecular weight excluding hydrogens is 250 g/mol. The van der Waals surface area contributed by atoms with Crippen molar-refractivity contribution in [1.29, 1.82) is 0 Å². The van der Waals surface area contributed by atoms with E-state index < -0.39 is 0 Å².